The van der Waals surface area contributed by atoms with Gasteiger partial charge in [0.15, 0.2) is 0 Å². The molecule has 2 aliphatic carbocycles. The number of carbonyl (C=O) groups excluding carboxylic acids is 1. The Morgan fingerprint density at radius 1 is 1.20 bits per heavy atom. The lowest BCUT2D eigenvalue weighted by Gasteiger charge is -2.18. The summed E-state index contributed by atoms with van der Waals surface area (Å²) in [6.07, 6.45) is 10.4. The summed E-state index contributed by atoms with van der Waals surface area (Å²) in [5, 5.41) is 15.4. The molecular weight excluding hydrogens is 252 g/mol. The summed E-state index contributed by atoms with van der Waals surface area (Å²) in [6.45, 7) is 2.78. The molecule has 0 heterocycles. The van der Waals surface area contributed by atoms with Gasteiger partial charge in [0.05, 0.1) is 6.10 Å². The van der Waals surface area contributed by atoms with Crippen LogP contribution in [0.2, 0.25) is 0 Å². The first-order valence-electron chi connectivity index (χ1n) is 8.36. The van der Waals surface area contributed by atoms with E-state index in [2.05, 4.69) is 17.6 Å². The Labute approximate surface area is 122 Å². The fourth-order valence-corrected chi connectivity index (χ4v) is 3.60. The van der Waals surface area contributed by atoms with E-state index < -0.39 is 0 Å². The lowest BCUT2D eigenvalue weighted by molar-refractivity contribution is 0.177. The molecule has 0 radical (unpaired) electrons. The average molecular weight is 282 g/mol. The number of urea groups is 1. The normalized spacial score (nSPS) is 28.5. The molecule has 0 unspecified atom stereocenters. The van der Waals surface area contributed by atoms with Crippen molar-refractivity contribution in [2.75, 3.05) is 6.54 Å². The molecule has 0 spiro atoms. The van der Waals surface area contributed by atoms with E-state index in [-0.39, 0.29) is 18.2 Å². The molecule has 2 amide bonds. The first-order chi connectivity index (χ1) is 9.63. The van der Waals surface area contributed by atoms with Gasteiger partial charge in [0.25, 0.3) is 0 Å². The third kappa shape index (κ3) is 5.31. The van der Waals surface area contributed by atoms with Gasteiger partial charge < -0.3 is 15.7 Å². The smallest absolute Gasteiger partial charge is 0.315 e. The number of aliphatic hydroxyl groups excluding tert-OH is 1. The maximum absolute atomic E-state index is 11.8. The maximum atomic E-state index is 11.8. The Kier molecular flexibility index (Phi) is 6.14. The molecule has 3 atom stereocenters. The third-order valence-electron chi connectivity index (χ3n) is 4.93. The van der Waals surface area contributed by atoms with E-state index >= 15 is 0 Å². The molecule has 2 aliphatic rings. The number of carbonyl (C=O) groups is 1. The Hall–Kier alpha value is -0.770. The molecule has 0 aliphatic heterocycles. The van der Waals surface area contributed by atoms with E-state index in [4.69, 9.17) is 0 Å². The van der Waals surface area contributed by atoms with Crippen LogP contribution in [0, 0.1) is 11.8 Å². The van der Waals surface area contributed by atoms with Crippen LogP contribution in [0.15, 0.2) is 0 Å². The summed E-state index contributed by atoms with van der Waals surface area (Å²) < 4.78 is 0. The molecule has 0 aromatic rings. The summed E-state index contributed by atoms with van der Waals surface area (Å²) in [6, 6.07) is 0.204. The Balaban J connectivity index is 1.53. The van der Waals surface area contributed by atoms with Gasteiger partial charge in [-0.1, -0.05) is 25.7 Å². The van der Waals surface area contributed by atoms with Crippen molar-refractivity contribution in [1.29, 1.82) is 0 Å². The van der Waals surface area contributed by atoms with E-state index in [1.165, 1.54) is 32.1 Å². The van der Waals surface area contributed by atoms with Crippen LogP contribution >= 0.6 is 0 Å². The SMILES string of the molecule is C[C@H](CCC1CCCC1)NC(=O)NC[C@H]1CC[C@H](O)C1. The van der Waals surface area contributed by atoms with E-state index in [0.717, 1.165) is 31.6 Å². The van der Waals surface area contributed by atoms with Crippen molar-refractivity contribution in [2.45, 2.75) is 76.9 Å². The van der Waals surface area contributed by atoms with E-state index in [0.29, 0.717) is 12.5 Å². The molecule has 4 heteroatoms. The zero-order valence-corrected chi connectivity index (χ0v) is 12.7. The lowest BCUT2D eigenvalue weighted by Crippen LogP contribution is -2.42. The highest BCUT2D eigenvalue weighted by Gasteiger charge is 2.23. The Morgan fingerprint density at radius 2 is 1.95 bits per heavy atom. The largest absolute Gasteiger partial charge is 0.393 e. The molecule has 2 rings (SSSR count). The summed E-state index contributed by atoms with van der Waals surface area (Å²) in [5.41, 5.74) is 0. The highest BCUT2D eigenvalue weighted by molar-refractivity contribution is 5.74. The summed E-state index contributed by atoms with van der Waals surface area (Å²) in [5.74, 6) is 1.34. The fraction of sp³-hybridized carbons (Fsp3) is 0.938. The van der Waals surface area contributed by atoms with Crippen LogP contribution in [0.4, 0.5) is 4.79 Å². The predicted octanol–water partition coefficient (Wildman–Crippen LogP) is 2.81. The second-order valence-electron chi connectivity index (χ2n) is 6.82. The van der Waals surface area contributed by atoms with Gasteiger partial charge in [-0.15, -0.1) is 0 Å². The Bertz CT molecular complexity index is 303. The summed E-state index contributed by atoms with van der Waals surface area (Å²) in [4.78, 5) is 11.8. The monoisotopic (exact) mass is 282 g/mol. The average Bonchev–Trinajstić information content (AvgIpc) is 3.05. The minimum Gasteiger partial charge on any atom is -0.393 e. The first-order valence-corrected chi connectivity index (χ1v) is 8.36. The van der Waals surface area contributed by atoms with Crippen molar-refractivity contribution in [2.24, 2.45) is 11.8 Å². The number of hydrogen-bond donors (Lipinski definition) is 3. The molecule has 0 bridgehead atoms. The molecule has 0 aromatic heterocycles. The van der Waals surface area contributed by atoms with Gasteiger partial charge in [-0.25, -0.2) is 4.79 Å². The standard InChI is InChI=1S/C16H30N2O2/c1-12(6-7-13-4-2-3-5-13)18-16(20)17-11-14-8-9-15(19)10-14/h12-15,19H,2-11H2,1H3,(H2,17,18,20)/t12-,14+,15+/m1/s1. The third-order valence-corrected chi connectivity index (χ3v) is 4.93. The second-order valence-corrected chi connectivity index (χ2v) is 6.82. The predicted molar refractivity (Wildman–Crippen MR) is 80.5 cm³/mol. The van der Waals surface area contributed by atoms with Crippen LogP contribution in [-0.2, 0) is 0 Å². The van der Waals surface area contributed by atoms with Crippen molar-refractivity contribution in [3.8, 4) is 0 Å². The maximum Gasteiger partial charge on any atom is 0.315 e. The van der Waals surface area contributed by atoms with Crippen LogP contribution in [0.25, 0.3) is 0 Å². The van der Waals surface area contributed by atoms with Crippen molar-refractivity contribution in [3.63, 3.8) is 0 Å². The van der Waals surface area contributed by atoms with Gasteiger partial charge in [0, 0.05) is 12.6 Å². The van der Waals surface area contributed by atoms with Crippen LogP contribution in [0.5, 0.6) is 0 Å². The van der Waals surface area contributed by atoms with Gasteiger partial charge in [-0.2, -0.15) is 0 Å². The van der Waals surface area contributed by atoms with E-state index in [1.54, 1.807) is 0 Å². The molecule has 2 fully saturated rings. The number of rotatable bonds is 6. The summed E-state index contributed by atoms with van der Waals surface area (Å²) >= 11 is 0. The molecule has 2 saturated carbocycles. The molecule has 4 nitrogen and oxygen atoms in total. The van der Waals surface area contributed by atoms with Gasteiger partial charge in [0.1, 0.15) is 0 Å². The number of nitrogens with one attached hydrogen (secondary N) is 2. The minimum absolute atomic E-state index is 0.0506. The number of hydrogen-bond acceptors (Lipinski definition) is 2. The van der Waals surface area contributed by atoms with Crippen LogP contribution in [0.3, 0.4) is 0 Å². The van der Waals surface area contributed by atoms with Crippen molar-refractivity contribution >= 4 is 6.03 Å². The Morgan fingerprint density at radius 3 is 2.60 bits per heavy atom. The molecule has 0 saturated heterocycles. The van der Waals surface area contributed by atoms with Crippen molar-refractivity contribution in [1.82, 2.24) is 10.6 Å². The van der Waals surface area contributed by atoms with Crippen molar-refractivity contribution in [3.05, 3.63) is 0 Å². The van der Waals surface area contributed by atoms with Crippen molar-refractivity contribution < 1.29 is 9.90 Å². The van der Waals surface area contributed by atoms with Gasteiger partial charge in [0.2, 0.25) is 0 Å². The molecular formula is C16H30N2O2. The lowest BCUT2D eigenvalue weighted by atomic mass is 9.99. The first kappa shape index (κ1) is 15.6. The van der Waals surface area contributed by atoms with Gasteiger partial charge in [-0.3, -0.25) is 0 Å². The second kappa shape index (κ2) is 7.87. The summed E-state index contributed by atoms with van der Waals surface area (Å²) in [7, 11) is 0. The number of aliphatic hydroxyl groups is 1. The van der Waals surface area contributed by atoms with Gasteiger partial charge >= 0.3 is 6.03 Å². The molecule has 116 valence electrons. The fourth-order valence-electron chi connectivity index (χ4n) is 3.60. The van der Waals surface area contributed by atoms with Gasteiger partial charge in [-0.05, 0) is 50.9 Å². The molecule has 3 N–H and O–H groups in total. The number of amides is 2. The van der Waals surface area contributed by atoms with Crippen LogP contribution in [-0.4, -0.2) is 29.8 Å². The minimum atomic E-state index is -0.157. The molecule has 0 aromatic carbocycles. The highest BCUT2D eigenvalue weighted by atomic mass is 16.3. The van der Waals surface area contributed by atoms with Crippen LogP contribution in [0.1, 0.15) is 64.7 Å². The quantitative estimate of drug-likeness (QED) is 0.701. The van der Waals surface area contributed by atoms with E-state index in [1.807, 2.05) is 0 Å². The zero-order valence-electron chi connectivity index (χ0n) is 12.7. The molecule has 20 heavy (non-hydrogen) atoms. The zero-order chi connectivity index (χ0) is 14.4. The van der Waals surface area contributed by atoms with Crippen LogP contribution < -0.4 is 10.6 Å². The van der Waals surface area contributed by atoms with E-state index in [9.17, 15) is 9.90 Å². The topological polar surface area (TPSA) is 61.4 Å². The highest BCUT2D eigenvalue weighted by Crippen LogP contribution is 2.28.